The quantitative estimate of drug-likeness (QED) is 0.355. The Morgan fingerprint density at radius 1 is 1.07 bits per heavy atom. The minimum Gasteiger partial charge on any atom is -0.285 e. The molecule has 84 valence electrons. The van der Waals surface area contributed by atoms with Gasteiger partial charge in [0.2, 0.25) is 4.69 Å². The molecule has 0 bridgehead atoms. The van der Waals surface area contributed by atoms with Crippen molar-refractivity contribution < 1.29 is 4.79 Å². The highest BCUT2D eigenvalue weighted by atomic mass is 79.9. The third-order valence-electron chi connectivity index (χ3n) is 2.46. The van der Waals surface area contributed by atoms with Crippen LogP contribution >= 0.6 is 31.9 Å². The lowest BCUT2D eigenvalue weighted by molar-refractivity contribution is -0.112. The number of hydrogen-bond donors (Lipinski definition) is 0. The summed E-state index contributed by atoms with van der Waals surface area (Å²) in [5.74, 6) is 0. The van der Waals surface area contributed by atoms with Gasteiger partial charge in [-0.25, -0.2) is 0 Å². The molecule has 1 nitrogen and oxygen atoms in total. The second-order valence-electron chi connectivity index (χ2n) is 3.80. The first-order valence-corrected chi connectivity index (χ1v) is 7.04. The molecule has 14 heavy (non-hydrogen) atoms. The molecule has 0 rings (SSSR count). The van der Waals surface area contributed by atoms with Crippen molar-refractivity contribution in [2.75, 3.05) is 0 Å². The molecule has 0 radical (unpaired) electrons. The van der Waals surface area contributed by atoms with Crippen LogP contribution in [0.15, 0.2) is 0 Å². The van der Waals surface area contributed by atoms with E-state index in [1.807, 2.05) is 0 Å². The van der Waals surface area contributed by atoms with Crippen molar-refractivity contribution in [3.05, 3.63) is 0 Å². The first-order chi connectivity index (χ1) is 6.56. The van der Waals surface area contributed by atoms with Crippen LogP contribution in [0.1, 0.15) is 58.8 Å². The van der Waals surface area contributed by atoms with E-state index in [1.54, 1.807) is 0 Å². The maximum absolute atomic E-state index is 11.4. The third-order valence-corrected chi connectivity index (χ3v) is 4.90. The SMILES string of the molecule is CCCCCC(Br)(CCCC)C(=O)Br. The summed E-state index contributed by atoms with van der Waals surface area (Å²) >= 11 is 6.68. The molecule has 0 aromatic carbocycles. The zero-order valence-electron chi connectivity index (χ0n) is 9.11. The normalized spacial score (nSPS) is 15.1. The molecule has 0 amide bonds. The molecule has 0 saturated heterocycles. The van der Waals surface area contributed by atoms with Crippen LogP contribution in [0.2, 0.25) is 0 Å². The van der Waals surface area contributed by atoms with E-state index in [1.165, 1.54) is 12.8 Å². The minimum absolute atomic E-state index is 0.106. The molecule has 1 atom stereocenters. The average Bonchev–Trinajstić information content (AvgIpc) is 2.15. The van der Waals surface area contributed by atoms with Gasteiger partial charge in [0, 0.05) is 0 Å². The van der Waals surface area contributed by atoms with E-state index in [-0.39, 0.29) is 9.02 Å². The maximum atomic E-state index is 11.4. The number of rotatable bonds is 8. The third kappa shape index (κ3) is 5.50. The fourth-order valence-corrected chi connectivity index (χ4v) is 2.39. The second kappa shape index (κ2) is 7.86. The molecule has 0 aromatic heterocycles. The zero-order valence-corrected chi connectivity index (χ0v) is 12.3. The summed E-state index contributed by atoms with van der Waals surface area (Å²) in [6.45, 7) is 4.33. The van der Waals surface area contributed by atoms with Gasteiger partial charge in [-0.1, -0.05) is 61.9 Å². The summed E-state index contributed by atoms with van der Waals surface area (Å²) in [5.41, 5.74) is 0. The molecule has 0 fully saturated rings. The van der Waals surface area contributed by atoms with Gasteiger partial charge in [-0.15, -0.1) is 0 Å². The molecule has 0 aliphatic heterocycles. The highest BCUT2D eigenvalue weighted by Gasteiger charge is 2.31. The summed E-state index contributed by atoms with van der Waals surface area (Å²) in [5, 5.41) is 0. The summed E-state index contributed by atoms with van der Waals surface area (Å²) in [6.07, 6.45) is 7.67. The predicted octanol–water partition coefficient (Wildman–Crippen LogP) is 4.81. The highest BCUT2D eigenvalue weighted by Crippen LogP contribution is 2.34. The van der Waals surface area contributed by atoms with Crippen molar-refractivity contribution >= 4 is 36.6 Å². The van der Waals surface area contributed by atoms with Crippen LogP contribution in [0.3, 0.4) is 0 Å². The molecular formula is C11H20Br2O. The molecule has 0 N–H and O–H groups in total. The summed E-state index contributed by atoms with van der Waals surface area (Å²) in [4.78, 5) is 11.4. The Labute approximate surface area is 104 Å². The van der Waals surface area contributed by atoms with Gasteiger partial charge in [0.05, 0.1) is 4.32 Å². The van der Waals surface area contributed by atoms with Crippen LogP contribution < -0.4 is 0 Å². The minimum atomic E-state index is -0.307. The number of carbonyl (C=O) groups excluding carboxylic acids is 1. The number of alkyl halides is 1. The monoisotopic (exact) mass is 326 g/mol. The van der Waals surface area contributed by atoms with E-state index in [4.69, 9.17) is 0 Å². The first kappa shape index (κ1) is 14.6. The topological polar surface area (TPSA) is 17.1 Å². The number of unbranched alkanes of at least 4 members (excludes halogenated alkanes) is 3. The van der Waals surface area contributed by atoms with E-state index >= 15 is 0 Å². The van der Waals surface area contributed by atoms with Gasteiger partial charge in [-0.05, 0) is 28.8 Å². The number of hydrogen-bond acceptors (Lipinski definition) is 1. The number of carbonyl (C=O) groups is 1. The number of halogens is 2. The molecule has 3 heteroatoms. The van der Waals surface area contributed by atoms with E-state index in [2.05, 4.69) is 45.7 Å². The van der Waals surface area contributed by atoms with Gasteiger partial charge in [-0.3, -0.25) is 4.79 Å². The Balaban J connectivity index is 4.03. The summed E-state index contributed by atoms with van der Waals surface area (Å²) in [6, 6.07) is 0. The van der Waals surface area contributed by atoms with Gasteiger partial charge in [-0.2, -0.15) is 0 Å². The Bertz CT molecular complexity index is 171. The largest absolute Gasteiger partial charge is 0.285 e. The zero-order chi connectivity index (χ0) is 11.0. The van der Waals surface area contributed by atoms with Crippen molar-refractivity contribution in [2.45, 2.75) is 63.1 Å². The van der Waals surface area contributed by atoms with Crippen LogP contribution in [0.4, 0.5) is 0 Å². The summed E-state index contributed by atoms with van der Waals surface area (Å²) in [7, 11) is 0. The lowest BCUT2D eigenvalue weighted by atomic mass is 9.97. The van der Waals surface area contributed by atoms with Crippen molar-refractivity contribution in [3.8, 4) is 0 Å². The first-order valence-electron chi connectivity index (χ1n) is 5.45. The van der Waals surface area contributed by atoms with Crippen LogP contribution in [-0.4, -0.2) is 9.02 Å². The maximum Gasteiger partial charge on any atom is 0.214 e. The van der Waals surface area contributed by atoms with Crippen LogP contribution in [0, 0.1) is 0 Å². The van der Waals surface area contributed by atoms with Crippen molar-refractivity contribution in [2.24, 2.45) is 0 Å². The van der Waals surface area contributed by atoms with Gasteiger partial charge >= 0.3 is 0 Å². The molecule has 1 unspecified atom stereocenters. The van der Waals surface area contributed by atoms with Gasteiger partial charge in [0.25, 0.3) is 0 Å². The van der Waals surface area contributed by atoms with E-state index in [0.717, 1.165) is 32.1 Å². The van der Waals surface area contributed by atoms with Gasteiger partial charge in [0.15, 0.2) is 0 Å². The summed E-state index contributed by atoms with van der Waals surface area (Å²) < 4.78 is -0.201. The lowest BCUT2D eigenvalue weighted by Gasteiger charge is -2.23. The molecule has 0 aliphatic carbocycles. The molecule has 0 heterocycles. The van der Waals surface area contributed by atoms with E-state index < -0.39 is 0 Å². The average molecular weight is 328 g/mol. The predicted molar refractivity (Wildman–Crippen MR) is 69.3 cm³/mol. The van der Waals surface area contributed by atoms with Gasteiger partial charge in [0.1, 0.15) is 0 Å². The standard InChI is InChI=1S/C11H20Br2O/c1-3-5-7-9-11(13,10(12)14)8-6-4-2/h3-9H2,1-2H3. The Morgan fingerprint density at radius 2 is 1.57 bits per heavy atom. The van der Waals surface area contributed by atoms with E-state index in [0.29, 0.717) is 0 Å². The van der Waals surface area contributed by atoms with Crippen molar-refractivity contribution in [1.29, 1.82) is 0 Å². The molecule has 0 spiro atoms. The Hall–Kier alpha value is 0.630. The fraction of sp³-hybridized carbons (Fsp3) is 0.909. The lowest BCUT2D eigenvalue weighted by Crippen LogP contribution is -2.27. The van der Waals surface area contributed by atoms with Crippen LogP contribution in [0.5, 0.6) is 0 Å². The highest BCUT2D eigenvalue weighted by molar-refractivity contribution is 9.20. The fourth-order valence-electron chi connectivity index (χ4n) is 1.43. The van der Waals surface area contributed by atoms with Gasteiger partial charge < -0.3 is 0 Å². The second-order valence-corrected chi connectivity index (χ2v) is 6.04. The van der Waals surface area contributed by atoms with Crippen LogP contribution in [0.25, 0.3) is 0 Å². The Kier molecular flexibility index (Phi) is 8.22. The van der Waals surface area contributed by atoms with Crippen molar-refractivity contribution in [3.63, 3.8) is 0 Å². The van der Waals surface area contributed by atoms with Crippen LogP contribution in [-0.2, 0) is 4.79 Å². The Morgan fingerprint density at radius 3 is 2.00 bits per heavy atom. The van der Waals surface area contributed by atoms with E-state index in [9.17, 15) is 4.79 Å². The molecular weight excluding hydrogens is 308 g/mol. The molecule has 0 aliphatic rings. The molecule has 0 aromatic rings. The van der Waals surface area contributed by atoms with Crippen molar-refractivity contribution in [1.82, 2.24) is 0 Å². The molecule has 0 saturated carbocycles. The smallest absolute Gasteiger partial charge is 0.214 e.